The van der Waals surface area contributed by atoms with Gasteiger partial charge in [0, 0.05) is 11.6 Å². The van der Waals surface area contributed by atoms with Crippen LogP contribution in [0.15, 0.2) is 55.1 Å². The van der Waals surface area contributed by atoms with Gasteiger partial charge in [-0.3, -0.25) is 0 Å². The van der Waals surface area contributed by atoms with Gasteiger partial charge >= 0.3 is 11.9 Å². The molecule has 1 atom stereocenters. The molecule has 0 saturated carbocycles. The molecule has 0 saturated heterocycles. The maximum atomic E-state index is 11.0. The Morgan fingerprint density at radius 3 is 2.31 bits per heavy atom. The van der Waals surface area contributed by atoms with Crippen molar-refractivity contribution in [3.63, 3.8) is 0 Å². The Hall–Kier alpha value is -2.36. The number of carbonyl (C=O) groups excluding carboxylic acids is 2. The summed E-state index contributed by atoms with van der Waals surface area (Å²) in [5.41, 5.74) is 1.41. The number of benzene rings is 1. The number of hydrogen-bond donors (Lipinski definition) is 0. The summed E-state index contributed by atoms with van der Waals surface area (Å²) in [6.45, 7) is 13.6. The van der Waals surface area contributed by atoms with Crippen molar-refractivity contribution in [3.8, 4) is 0 Å². The minimum absolute atomic E-state index is 0.310. The van der Waals surface area contributed by atoms with Gasteiger partial charge in [-0.2, -0.15) is 0 Å². The van der Waals surface area contributed by atoms with E-state index < -0.39 is 0 Å². The van der Waals surface area contributed by atoms with Gasteiger partial charge in [0.2, 0.25) is 0 Å². The summed E-state index contributed by atoms with van der Waals surface area (Å²) in [4.78, 5) is 21.8. The van der Waals surface area contributed by atoms with Crippen LogP contribution < -0.4 is 0 Å². The Kier molecular flexibility index (Phi) is 13.6. The summed E-state index contributed by atoms with van der Waals surface area (Å²) in [5, 5.41) is 0. The first kappa shape index (κ1) is 23.6. The van der Waals surface area contributed by atoms with E-state index in [-0.39, 0.29) is 11.9 Å². The predicted molar refractivity (Wildman–Crippen MR) is 106 cm³/mol. The highest BCUT2D eigenvalue weighted by Gasteiger charge is 2.07. The summed E-state index contributed by atoms with van der Waals surface area (Å²) < 4.78 is 9.94. The van der Waals surface area contributed by atoms with E-state index in [9.17, 15) is 9.59 Å². The fourth-order valence-electron chi connectivity index (χ4n) is 2.00. The quantitative estimate of drug-likeness (QED) is 0.423. The number of hydrogen-bond acceptors (Lipinski definition) is 4. The number of esters is 2. The topological polar surface area (TPSA) is 52.6 Å². The zero-order valence-electron chi connectivity index (χ0n) is 16.3. The molecule has 0 N–H and O–H groups in total. The van der Waals surface area contributed by atoms with E-state index in [4.69, 9.17) is 9.47 Å². The SMILES string of the molecule is C=C(C)C(=O)OCc1ccccc1.C=CC(=O)OCC(CC)CCCC. The molecule has 0 aliphatic rings. The van der Waals surface area contributed by atoms with E-state index in [1.54, 1.807) is 6.92 Å². The third-order valence-corrected chi connectivity index (χ3v) is 3.73. The Morgan fingerprint density at radius 2 is 1.81 bits per heavy atom. The van der Waals surface area contributed by atoms with E-state index in [0.717, 1.165) is 18.4 Å². The average molecular weight is 360 g/mol. The lowest BCUT2D eigenvalue weighted by atomic mass is 10.0. The van der Waals surface area contributed by atoms with Crippen molar-refractivity contribution < 1.29 is 19.1 Å². The summed E-state index contributed by atoms with van der Waals surface area (Å²) >= 11 is 0. The minimum atomic E-state index is -0.344. The number of carbonyl (C=O) groups is 2. The molecule has 1 unspecified atom stereocenters. The van der Waals surface area contributed by atoms with Crippen LogP contribution in [0.3, 0.4) is 0 Å². The van der Waals surface area contributed by atoms with Crippen LogP contribution in [0.4, 0.5) is 0 Å². The van der Waals surface area contributed by atoms with Crippen LogP contribution in [0.25, 0.3) is 0 Å². The molecule has 0 aromatic heterocycles. The molecule has 0 bridgehead atoms. The van der Waals surface area contributed by atoms with E-state index in [1.807, 2.05) is 30.3 Å². The van der Waals surface area contributed by atoms with Gasteiger partial charge in [-0.05, 0) is 24.8 Å². The molecule has 1 aromatic carbocycles. The Balaban J connectivity index is 0.000000481. The zero-order chi connectivity index (χ0) is 19.8. The normalized spacial score (nSPS) is 10.7. The molecule has 0 heterocycles. The van der Waals surface area contributed by atoms with Crippen molar-refractivity contribution in [3.05, 3.63) is 60.7 Å². The van der Waals surface area contributed by atoms with Crippen molar-refractivity contribution in [1.29, 1.82) is 0 Å². The second-order valence-electron chi connectivity index (χ2n) is 6.09. The van der Waals surface area contributed by atoms with E-state index >= 15 is 0 Å². The molecule has 0 aliphatic heterocycles. The minimum Gasteiger partial charge on any atom is -0.462 e. The van der Waals surface area contributed by atoms with Crippen LogP contribution in [-0.4, -0.2) is 18.5 Å². The van der Waals surface area contributed by atoms with Crippen molar-refractivity contribution in [2.75, 3.05) is 6.61 Å². The lowest BCUT2D eigenvalue weighted by molar-refractivity contribution is -0.140. The van der Waals surface area contributed by atoms with Crippen molar-refractivity contribution in [1.82, 2.24) is 0 Å². The third-order valence-electron chi connectivity index (χ3n) is 3.73. The lowest BCUT2D eigenvalue weighted by Gasteiger charge is -2.13. The first-order valence-corrected chi connectivity index (χ1v) is 9.10. The Morgan fingerprint density at radius 1 is 1.15 bits per heavy atom. The molecule has 4 nitrogen and oxygen atoms in total. The molecule has 0 fully saturated rings. The molecule has 0 radical (unpaired) electrons. The number of unbranched alkanes of at least 4 members (excludes halogenated alkanes) is 1. The van der Waals surface area contributed by atoms with Gasteiger partial charge in [-0.15, -0.1) is 0 Å². The van der Waals surface area contributed by atoms with Gasteiger partial charge < -0.3 is 9.47 Å². The predicted octanol–water partition coefficient (Wildman–Crippen LogP) is 5.24. The first-order valence-electron chi connectivity index (χ1n) is 9.10. The second-order valence-corrected chi connectivity index (χ2v) is 6.09. The molecule has 4 heteroatoms. The maximum absolute atomic E-state index is 11.0. The monoisotopic (exact) mass is 360 g/mol. The summed E-state index contributed by atoms with van der Waals surface area (Å²) in [7, 11) is 0. The maximum Gasteiger partial charge on any atom is 0.333 e. The van der Waals surface area contributed by atoms with Gasteiger partial charge in [0.05, 0.1) is 6.61 Å². The first-order chi connectivity index (χ1) is 12.4. The molecule has 1 rings (SSSR count). The number of ether oxygens (including phenoxy) is 2. The van der Waals surface area contributed by atoms with Crippen LogP contribution in [0.1, 0.15) is 52.0 Å². The van der Waals surface area contributed by atoms with E-state index in [2.05, 4.69) is 27.0 Å². The standard InChI is InChI=1S/C11H12O2.C11H20O2/c1-9(2)11(12)13-8-10-6-4-3-5-7-10;1-4-7-8-10(5-2)9-13-11(12)6-3/h3-7H,1,8H2,2H3;6,10H,3-5,7-9H2,1-2H3. The highest BCUT2D eigenvalue weighted by molar-refractivity contribution is 5.86. The Labute approximate surface area is 157 Å². The fraction of sp³-hybridized carbons (Fsp3) is 0.455. The second kappa shape index (κ2) is 14.9. The molecular weight excluding hydrogens is 328 g/mol. The van der Waals surface area contributed by atoms with Crippen LogP contribution in [-0.2, 0) is 25.7 Å². The van der Waals surface area contributed by atoms with Crippen molar-refractivity contribution in [2.45, 2.75) is 53.1 Å². The molecule has 144 valence electrons. The van der Waals surface area contributed by atoms with Gasteiger partial charge in [0.15, 0.2) is 0 Å². The molecule has 0 spiro atoms. The molecule has 26 heavy (non-hydrogen) atoms. The number of rotatable bonds is 10. The summed E-state index contributed by atoms with van der Waals surface area (Å²) in [6, 6.07) is 9.55. The smallest absolute Gasteiger partial charge is 0.333 e. The lowest BCUT2D eigenvalue weighted by Crippen LogP contribution is -2.12. The van der Waals surface area contributed by atoms with Crippen LogP contribution in [0, 0.1) is 5.92 Å². The fourth-order valence-corrected chi connectivity index (χ4v) is 2.00. The summed E-state index contributed by atoms with van der Waals surface area (Å²) in [5.74, 6) is -0.136. The van der Waals surface area contributed by atoms with Crippen molar-refractivity contribution >= 4 is 11.9 Å². The largest absolute Gasteiger partial charge is 0.462 e. The van der Waals surface area contributed by atoms with Crippen LogP contribution in [0.2, 0.25) is 0 Å². The average Bonchev–Trinajstić information content (AvgIpc) is 2.67. The van der Waals surface area contributed by atoms with Gasteiger partial charge in [-0.25, -0.2) is 9.59 Å². The van der Waals surface area contributed by atoms with Gasteiger partial charge in [0.25, 0.3) is 0 Å². The van der Waals surface area contributed by atoms with Crippen molar-refractivity contribution in [2.24, 2.45) is 5.92 Å². The molecule has 0 aliphatic carbocycles. The van der Waals surface area contributed by atoms with E-state index in [1.165, 1.54) is 18.9 Å². The molecule has 0 amide bonds. The highest BCUT2D eigenvalue weighted by atomic mass is 16.5. The van der Waals surface area contributed by atoms with E-state index in [0.29, 0.717) is 24.7 Å². The van der Waals surface area contributed by atoms with Crippen LogP contribution >= 0.6 is 0 Å². The van der Waals surface area contributed by atoms with Crippen LogP contribution in [0.5, 0.6) is 0 Å². The molecular formula is C22H32O4. The Bertz CT molecular complexity index is 549. The highest BCUT2D eigenvalue weighted by Crippen LogP contribution is 2.12. The summed E-state index contributed by atoms with van der Waals surface area (Å²) in [6.07, 6.45) is 5.85. The third kappa shape index (κ3) is 12.1. The zero-order valence-corrected chi connectivity index (χ0v) is 16.3. The molecule has 1 aromatic rings. The van der Waals surface area contributed by atoms with Gasteiger partial charge in [-0.1, -0.05) is 76.6 Å². The van der Waals surface area contributed by atoms with Gasteiger partial charge in [0.1, 0.15) is 6.61 Å².